The van der Waals surface area contributed by atoms with E-state index in [0.29, 0.717) is 0 Å². The maximum Gasteiger partial charge on any atom is 1.00 e. The molecule has 0 spiro atoms. The van der Waals surface area contributed by atoms with Crippen molar-refractivity contribution in [1.29, 1.82) is 0 Å². The third-order valence-electron chi connectivity index (χ3n) is 2.97. The van der Waals surface area contributed by atoms with Crippen LogP contribution in [0.5, 0.6) is 0 Å². The summed E-state index contributed by atoms with van der Waals surface area (Å²) in [6, 6.07) is 0. The molecular weight excluding hydrogens is 274 g/mol. The second-order valence-corrected chi connectivity index (χ2v) is 6.16. The van der Waals surface area contributed by atoms with Gasteiger partial charge in [0.15, 0.2) is 0 Å². The number of hydrogen-bond acceptors (Lipinski definition) is 4. The third-order valence-corrected chi connectivity index (χ3v) is 3.92. The van der Waals surface area contributed by atoms with Crippen LogP contribution in [-0.2, 0) is 13.6 Å². The Kier molecular flexibility index (Phi) is 18.3. The van der Waals surface area contributed by atoms with Gasteiger partial charge in [0, 0.05) is 7.11 Å². The predicted molar refractivity (Wildman–Crippen MR) is 72.4 cm³/mol. The van der Waals surface area contributed by atoms with Gasteiger partial charge in [0.1, 0.15) is 0 Å². The van der Waals surface area contributed by atoms with Crippen LogP contribution < -0.4 is 34.5 Å². The molecule has 0 aliphatic heterocycles. The molecule has 0 amide bonds. The first-order valence-electron chi connectivity index (χ1n) is 7.13. The SMILES string of the molecule is CCCCCCCCCCCCOP(=O)([O-])OC.[Na+]. The molecule has 0 aromatic rings. The predicted octanol–water partition coefficient (Wildman–Crippen LogP) is 1.04. The summed E-state index contributed by atoms with van der Waals surface area (Å²) in [5.41, 5.74) is 0. The first kappa shape index (κ1) is 22.4. The standard InChI is InChI=1S/C13H29O4P.Na/c1-3-4-5-6-7-8-9-10-11-12-13-17-18(14,15)16-2;/h3-13H2,1-2H3,(H,14,15);/q;+1/p-1. The van der Waals surface area contributed by atoms with E-state index < -0.39 is 7.82 Å². The molecule has 110 valence electrons. The first-order chi connectivity index (χ1) is 8.62. The molecule has 0 saturated carbocycles. The quantitative estimate of drug-likeness (QED) is 0.290. The minimum Gasteiger partial charge on any atom is -0.756 e. The molecule has 0 heterocycles. The molecule has 0 radical (unpaired) electrons. The molecule has 1 unspecified atom stereocenters. The van der Waals surface area contributed by atoms with Crippen LogP contribution in [0.3, 0.4) is 0 Å². The van der Waals surface area contributed by atoms with Crippen LogP contribution in [0.4, 0.5) is 0 Å². The van der Waals surface area contributed by atoms with Crippen molar-refractivity contribution < 1.29 is 48.1 Å². The number of unbranched alkanes of at least 4 members (excludes halogenated alkanes) is 9. The van der Waals surface area contributed by atoms with Gasteiger partial charge in [-0.1, -0.05) is 64.7 Å². The summed E-state index contributed by atoms with van der Waals surface area (Å²) in [4.78, 5) is 10.8. The molecule has 0 saturated heterocycles. The zero-order valence-electron chi connectivity index (χ0n) is 12.9. The molecule has 4 nitrogen and oxygen atoms in total. The fourth-order valence-electron chi connectivity index (χ4n) is 1.82. The van der Waals surface area contributed by atoms with Gasteiger partial charge in [0.2, 0.25) is 0 Å². The van der Waals surface area contributed by atoms with Gasteiger partial charge >= 0.3 is 29.6 Å². The van der Waals surface area contributed by atoms with Gasteiger partial charge in [-0.2, -0.15) is 0 Å². The maximum atomic E-state index is 10.8. The van der Waals surface area contributed by atoms with Crippen LogP contribution in [-0.4, -0.2) is 13.7 Å². The van der Waals surface area contributed by atoms with E-state index in [2.05, 4.69) is 16.0 Å². The van der Waals surface area contributed by atoms with Crippen LogP contribution in [0.15, 0.2) is 0 Å². The summed E-state index contributed by atoms with van der Waals surface area (Å²) in [5, 5.41) is 0. The molecule has 0 aliphatic rings. The van der Waals surface area contributed by atoms with E-state index in [1.165, 1.54) is 44.9 Å². The maximum absolute atomic E-state index is 10.8. The van der Waals surface area contributed by atoms with Crippen molar-refractivity contribution >= 4 is 7.82 Å². The van der Waals surface area contributed by atoms with Gasteiger partial charge in [0.25, 0.3) is 7.82 Å². The molecule has 1 atom stereocenters. The summed E-state index contributed by atoms with van der Waals surface area (Å²) in [6.45, 7) is 2.47. The smallest absolute Gasteiger partial charge is 0.756 e. The van der Waals surface area contributed by atoms with Crippen molar-refractivity contribution in [2.45, 2.75) is 71.1 Å². The Hall–Kier alpha value is 1.11. The molecule has 0 rings (SSSR count). The van der Waals surface area contributed by atoms with Gasteiger partial charge in [0.05, 0.1) is 6.61 Å². The van der Waals surface area contributed by atoms with Crippen molar-refractivity contribution in [3.05, 3.63) is 0 Å². The van der Waals surface area contributed by atoms with Crippen molar-refractivity contribution in [3.8, 4) is 0 Å². The molecule has 19 heavy (non-hydrogen) atoms. The van der Waals surface area contributed by atoms with Gasteiger partial charge in [-0.3, -0.25) is 4.57 Å². The van der Waals surface area contributed by atoms with E-state index in [1.807, 2.05) is 0 Å². The van der Waals surface area contributed by atoms with E-state index in [0.717, 1.165) is 26.4 Å². The summed E-state index contributed by atoms with van der Waals surface area (Å²) in [6.07, 6.45) is 12.2. The van der Waals surface area contributed by atoms with E-state index in [9.17, 15) is 9.46 Å². The molecule has 0 aliphatic carbocycles. The summed E-state index contributed by atoms with van der Waals surface area (Å²) < 4.78 is 19.7. The molecular formula is C13H28NaO4P. The van der Waals surface area contributed by atoms with Crippen molar-refractivity contribution in [3.63, 3.8) is 0 Å². The fourth-order valence-corrected chi connectivity index (χ4v) is 2.28. The van der Waals surface area contributed by atoms with Crippen molar-refractivity contribution in [1.82, 2.24) is 0 Å². The van der Waals surface area contributed by atoms with E-state index in [1.54, 1.807) is 0 Å². The number of rotatable bonds is 13. The zero-order chi connectivity index (χ0) is 13.7. The third kappa shape index (κ3) is 17.1. The monoisotopic (exact) mass is 302 g/mol. The van der Waals surface area contributed by atoms with Crippen molar-refractivity contribution in [2.24, 2.45) is 0 Å². The van der Waals surface area contributed by atoms with Gasteiger partial charge in [-0.15, -0.1) is 0 Å². The Balaban J connectivity index is 0. The van der Waals surface area contributed by atoms with Crippen LogP contribution in [0.2, 0.25) is 0 Å². The van der Waals surface area contributed by atoms with Gasteiger partial charge in [-0.25, -0.2) is 0 Å². The molecule has 0 N–H and O–H groups in total. The molecule has 0 aromatic heterocycles. The Morgan fingerprint density at radius 2 is 1.32 bits per heavy atom. The molecule has 0 aromatic carbocycles. The van der Waals surface area contributed by atoms with Crippen LogP contribution >= 0.6 is 7.82 Å². The van der Waals surface area contributed by atoms with Gasteiger partial charge < -0.3 is 13.9 Å². The van der Waals surface area contributed by atoms with Crippen LogP contribution in [0.25, 0.3) is 0 Å². The Labute approximate surface area is 140 Å². The molecule has 6 heteroatoms. The Morgan fingerprint density at radius 3 is 1.74 bits per heavy atom. The van der Waals surface area contributed by atoms with Crippen molar-refractivity contribution in [2.75, 3.05) is 13.7 Å². The second kappa shape index (κ2) is 15.5. The molecule has 0 bridgehead atoms. The normalized spacial score (nSPS) is 13.8. The largest absolute Gasteiger partial charge is 1.00 e. The Morgan fingerprint density at radius 1 is 0.895 bits per heavy atom. The second-order valence-electron chi connectivity index (χ2n) is 4.64. The number of hydrogen-bond donors (Lipinski definition) is 0. The summed E-state index contributed by atoms with van der Waals surface area (Å²) in [7, 11) is -2.88. The Bertz CT molecular complexity index is 227. The van der Waals surface area contributed by atoms with E-state index in [4.69, 9.17) is 0 Å². The number of phosphoric ester groups is 1. The van der Waals surface area contributed by atoms with Crippen LogP contribution in [0, 0.1) is 0 Å². The number of phosphoric acid groups is 1. The average Bonchev–Trinajstić information content (AvgIpc) is 2.36. The minimum atomic E-state index is -4.00. The fraction of sp³-hybridized carbons (Fsp3) is 1.00. The van der Waals surface area contributed by atoms with Gasteiger partial charge in [-0.05, 0) is 6.42 Å². The van der Waals surface area contributed by atoms with E-state index >= 15 is 0 Å². The van der Waals surface area contributed by atoms with E-state index in [-0.39, 0.29) is 36.2 Å². The zero-order valence-corrected chi connectivity index (χ0v) is 15.8. The average molecular weight is 302 g/mol. The first-order valence-corrected chi connectivity index (χ1v) is 8.59. The summed E-state index contributed by atoms with van der Waals surface area (Å²) >= 11 is 0. The molecule has 0 fully saturated rings. The summed E-state index contributed by atoms with van der Waals surface area (Å²) in [5.74, 6) is 0. The van der Waals surface area contributed by atoms with Crippen LogP contribution in [0.1, 0.15) is 71.1 Å². The minimum absolute atomic E-state index is 0. The topological polar surface area (TPSA) is 58.6 Å².